The SMILES string of the molecule is CCOC(=O)Nc1sc(N/N=C/c2ccc(Cl)cc2)nc1-c1ccc(C)cc1. The molecule has 0 fully saturated rings. The monoisotopic (exact) mass is 414 g/mol. The van der Waals surface area contributed by atoms with E-state index in [-0.39, 0.29) is 0 Å². The Morgan fingerprint density at radius 1 is 1.21 bits per heavy atom. The average Bonchev–Trinajstić information content (AvgIpc) is 3.06. The largest absolute Gasteiger partial charge is 0.450 e. The Balaban J connectivity index is 1.82. The average molecular weight is 415 g/mol. The minimum atomic E-state index is -0.518. The number of anilines is 2. The van der Waals surface area contributed by atoms with Gasteiger partial charge in [0.25, 0.3) is 0 Å². The number of benzene rings is 2. The molecule has 0 aliphatic heterocycles. The molecule has 1 aromatic heterocycles. The highest BCUT2D eigenvalue weighted by Gasteiger charge is 2.16. The number of hydrazone groups is 1. The minimum absolute atomic E-state index is 0.293. The van der Waals surface area contributed by atoms with Gasteiger partial charge in [-0.15, -0.1) is 0 Å². The van der Waals surface area contributed by atoms with Crippen molar-refractivity contribution < 1.29 is 9.53 Å². The molecule has 2 aromatic carbocycles. The number of aryl methyl sites for hydroxylation is 1. The van der Waals surface area contributed by atoms with Crippen molar-refractivity contribution in [3.63, 3.8) is 0 Å². The Labute approximate surface area is 172 Å². The number of ether oxygens (including phenoxy) is 1. The van der Waals surface area contributed by atoms with Gasteiger partial charge in [-0.2, -0.15) is 5.10 Å². The van der Waals surface area contributed by atoms with Crippen molar-refractivity contribution in [3.8, 4) is 11.3 Å². The van der Waals surface area contributed by atoms with Crippen LogP contribution in [-0.2, 0) is 4.74 Å². The molecular weight excluding hydrogens is 396 g/mol. The Hall–Kier alpha value is -2.90. The molecule has 0 radical (unpaired) electrons. The van der Waals surface area contributed by atoms with Crippen LogP contribution in [0, 0.1) is 6.92 Å². The molecule has 0 saturated carbocycles. The van der Waals surface area contributed by atoms with E-state index < -0.39 is 6.09 Å². The maximum Gasteiger partial charge on any atom is 0.412 e. The van der Waals surface area contributed by atoms with Gasteiger partial charge in [-0.05, 0) is 31.5 Å². The maximum atomic E-state index is 11.9. The number of hydrogen-bond acceptors (Lipinski definition) is 6. The maximum absolute atomic E-state index is 11.9. The number of carbonyl (C=O) groups is 1. The van der Waals surface area contributed by atoms with Crippen molar-refractivity contribution in [2.24, 2.45) is 5.10 Å². The van der Waals surface area contributed by atoms with E-state index in [1.807, 2.05) is 43.3 Å². The molecule has 28 heavy (non-hydrogen) atoms. The number of nitrogens with zero attached hydrogens (tertiary/aromatic N) is 2. The zero-order valence-electron chi connectivity index (χ0n) is 15.4. The number of rotatable bonds is 6. The summed E-state index contributed by atoms with van der Waals surface area (Å²) in [6.07, 6.45) is 1.15. The number of carbonyl (C=O) groups excluding carboxylic acids is 1. The molecule has 0 spiro atoms. The van der Waals surface area contributed by atoms with E-state index in [1.165, 1.54) is 11.3 Å². The van der Waals surface area contributed by atoms with E-state index in [0.717, 1.165) is 16.7 Å². The summed E-state index contributed by atoms with van der Waals surface area (Å²) >= 11 is 7.16. The van der Waals surface area contributed by atoms with Gasteiger partial charge in [0.1, 0.15) is 10.7 Å². The number of thiazole rings is 1. The van der Waals surface area contributed by atoms with Crippen LogP contribution in [0.15, 0.2) is 53.6 Å². The number of hydrogen-bond donors (Lipinski definition) is 2. The van der Waals surface area contributed by atoms with E-state index in [1.54, 1.807) is 25.3 Å². The lowest BCUT2D eigenvalue weighted by molar-refractivity contribution is 0.168. The highest BCUT2D eigenvalue weighted by atomic mass is 35.5. The number of nitrogens with one attached hydrogen (secondary N) is 2. The molecule has 6 nitrogen and oxygen atoms in total. The van der Waals surface area contributed by atoms with Gasteiger partial charge >= 0.3 is 6.09 Å². The normalized spacial score (nSPS) is 10.8. The molecule has 0 bridgehead atoms. The Morgan fingerprint density at radius 3 is 2.61 bits per heavy atom. The molecule has 144 valence electrons. The summed E-state index contributed by atoms with van der Waals surface area (Å²) in [5.41, 5.74) is 6.50. The first-order chi connectivity index (χ1) is 13.5. The molecule has 2 N–H and O–H groups in total. The van der Waals surface area contributed by atoms with Crippen molar-refractivity contribution in [2.75, 3.05) is 17.3 Å². The zero-order chi connectivity index (χ0) is 19.9. The molecule has 0 aliphatic carbocycles. The fraction of sp³-hybridized carbons (Fsp3) is 0.150. The second-order valence-electron chi connectivity index (χ2n) is 5.83. The van der Waals surface area contributed by atoms with Gasteiger partial charge in [-0.25, -0.2) is 9.78 Å². The van der Waals surface area contributed by atoms with E-state index in [0.29, 0.717) is 27.5 Å². The first-order valence-corrected chi connectivity index (χ1v) is 9.81. The predicted molar refractivity (Wildman–Crippen MR) is 116 cm³/mol. The molecule has 1 amide bonds. The summed E-state index contributed by atoms with van der Waals surface area (Å²) < 4.78 is 4.98. The quantitative estimate of drug-likeness (QED) is 0.395. The summed E-state index contributed by atoms with van der Waals surface area (Å²) in [5, 5.41) is 8.76. The van der Waals surface area contributed by atoms with Crippen molar-refractivity contribution in [2.45, 2.75) is 13.8 Å². The number of halogens is 1. The fourth-order valence-corrected chi connectivity index (χ4v) is 3.28. The van der Waals surface area contributed by atoms with E-state index >= 15 is 0 Å². The third-order valence-electron chi connectivity index (χ3n) is 3.69. The smallest absolute Gasteiger partial charge is 0.412 e. The molecule has 0 unspecified atom stereocenters. The van der Waals surface area contributed by atoms with Crippen LogP contribution in [0.5, 0.6) is 0 Å². The second-order valence-corrected chi connectivity index (χ2v) is 7.27. The van der Waals surface area contributed by atoms with Crippen molar-refractivity contribution in [1.29, 1.82) is 0 Å². The van der Waals surface area contributed by atoms with E-state index in [2.05, 4.69) is 20.8 Å². The molecule has 0 aliphatic rings. The summed E-state index contributed by atoms with van der Waals surface area (Å²) in [5.74, 6) is 0. The van der Waals surface area contributed by atoms with Crippen molar-refractivity contribution in [3.05, 3.63) is 64.7 Å². The second kappa shape index (κ2) is 9.34. The fourth-order valence-electron chi connectivity index (χ4n) is 2.33. The molecule has 0 saturated heterocycles. The Bertz CT molecular complexity index is 969. The molecule has 1 heterocycles. The highest BCUT2D eigenvalue weighted by molar-refractivity contribution is 7.20. The Kier molecular flexibility index (Phi) is 6.62. The lowest BCUT2D eigenvalue weighted by Crippen LogP contribution is -2.12. The lowest BCUT2D eigenvalue weighted by atomic mass is 10.1. The van der Waals surface area contributed by atoms with Gasteiger partial charge in [0, 0.05) is 10.6 Å². The van der Waals surface area contributed by atoms with Gasteiger partial charge in [0.05, 0.1) is 12.8 Å². The van der Waals surface area contributed by atoms with Gasteiger partial charge < -0.3 is 4.74 Å². The third-order valence-corrected chi connectivity index (χ3v) is 4.81. The first kappa shape index (κ1) is 19.9. The van der Waals surface area contributed by atoms with Crippen molar-refractivity contribution >= 4 is 45.4 Å². The summed E-state index contributed by atoms with van der Waals surface area (Å²) in [6, 6.07) is 15.2. The van der Waals surface area contributed by atoms with Crippen LogP contribution in [0.2, 0.25) is 5.02 Å². The van der Waals surface area contributed by atoms with Crippen LogP contribution in [0.3, 0.4) is 0 Å². The van der Waals surface area contributed by atoms with Gasteiger partial charge in [0.15, 0.2) is 0 Å². The van der Waals surface area contributed by atoms with Crippen LogP contribution in [-0.4, -0.2) is 23.9 Å². The van der Waals surface area contributed by atoms with Gasteiger partial charge in [0.2, 0.25) is 5.13 Å². The van der Waals surface area contributed by atoms with Crippen LogP contribution in [0.25, 0.3) is 11.3 Å². The summed E-state index contributed by atoms with van der Waals surface area (Å²) in [4.78, 5) is 16.4. The van der Waals surface area contributed by atoms with Crippen LogP contribution < -0.4 is 10.7 Å². The molecule has 3 rings (SSSR count). The highest BCUT2D eigenvalue weighted by Crippen LogP contribution is 2.36. The molecule has 0 atom stereocenters. The lowest BCUT2D eigenvalue weighted by Gasteiger charge is -2.05. The van der Waals surface area contributed by atoms with E-state index in [4.69, 9.17) is 16.3 Å². The van der Waals surface area contributed by atoms with Crippen LogP contribution in [0.1, 0.15) is 18.1 Å². The number of amides is 1. The first-order valence-electron chi connectivity index (χ1n) is 8.61. The minimum Gasteiger partial charge on any atom is -0.450 e. The van der Waals surface area contributed by atoms with E-state index in [9.17, 15) is 4.79 Å². The van der Waals surface area contributed by atoms with Crippen LogP contribution in [0.4, 0.5) is 14.9 Å². The number of aromatic nitrogens is 1. The predicted octanol–water partition coefficient (Wildman–Crippen LogP) is 5.79. The van der Waals surface area contributed by atoms with Gasteiger partial charge in [-0.3, -0.25) is 10.7 Å². The zero-order valence-corrected chi connectivity index (χ0v) is 17.0. The molecule has 8 heteroatoms. The summed E-state index contributed by atoms with van der Waals surface area (Å²) in [6.45, 7) is 4.06. The van der Waals surface area contributed by atoms with Gasteiger partial charge in [-0.1, -0.05) is 64.9 Å². The molecule has 3 aromatic rings. The summed E-state index contributed by atoms with van der Waals surface area (Å²) in [7, 11) is 0. The standard InChI is InChI=1S/C20H19ClN4O2S/c1-3-27-20(26)24-18-17(15-8-4-13(2)5-9-15)23-19(28-18)25-22-12-14-6-10-16(21)11-7-14/h4-12H,3H2,1-2H3,(H,23,25)(H,24,26)/b22-12+. The molecular formula is C20H19ClN4O2S. The Morgan fingerprint density at radius 2 is 1.93 bits per heavy atom. The topological polar surface area (TPSA) is 75.6 Å². The van der Waals surface area contributed by atoms with Crippen LogP contribution >= 0.6 is 22.9 Å². The van der Waals surface area contributed by atoms with Crippen molar-refractivity contribution in [1.82, 2.24) is 4.98 Å². The third kappa shape index (κ3) is 5.31.